The maximum Gasteiger partial charge on any atom is 0.261 e. The van der Waals surface area contributed by atoms with Crippen LogP contribution in [-0.4, -0.2) is 24.9 Å². The Kier molecular flexibility index (Phi) is 9.77. The van der Waals surface area contributed by atoms with Crippen LogP contribution in [0.2, 0.25) is 0 Å². The quantitative estimate of drug-likeness (QED) is 0.339. The lowest BCUT2D eigenvalue weighted by atomic mass is 10.1. The minimum absolute atomic E-state index is 0.0247. The van der Waals surface area contributed by atoms with Crippen molar-refractivity contribution >= 4 is 24.0 Å². The van der Waals surface area contributed by atoms with E-state index in [2.05, 4.69) is 10.6 Å². The zero-order valence-corrected chi connectivity index (χ0v) is 19.8. The Balaban J connectivity index is 1.62. The van der Waals surface area contributed by atoms with E-state index < -0.39 is 11.8 Å². The van der Waals surface area contributed by atoms with Gasteiger partial charge in [-0.05, 0) is 53.3 Å². The van der Waals surface area contributed by atoms with Crippen LogP contribution in [0, 0.1) is 22.7 Å². The van der Waals surface area contributed by atoms with E-state index in [1.807, 2.05) is 72.8 Å². The highest BCUT2D eigenvalue weighted by Crippen LogP contribution is 2.13. The van der Waals surface area contributed by atoms with Gasteiger partial charge in [-0.3, -0.25) is 9.59 Å². The van der Waals surface area contributed by atoms with Gasteiger partial charge in [0.05, 0.1) is 0 Å². The van der Waals surface area contributed by atoms with Crippen LogP contribution >= 0.6 is 0 Å². The van der Waals surface area contributed by atoms with Gasteiger partial charge in [-0.25, -0.2) is 0 Å². The number of benzene rings is 3. The number of hydrogen-bond donors (Lipinski definition) is 2. The molecule has 3 rings (SSSR count). The van der Waals surface area contributed by atoms with E-state index >= 15 is 0 Å². The van der Waals surface area contributed by atoms with Gasteiger partial charge in [0.1, 0.15) is 23.3 Å². The Morgan fingerprint density at radius 2 is 1.06 bits per heavy atom. The molecule has 3 aromatic carbocycles. The number of carbonyl (C=O) groups is 2. The SMILES string of the molecule is N#CC(=Cc1cccc(C=C(C#N)C(=O)NCCc2ccccc2)c1)C(=O)NCCc1ccccc1. The van der Waals surface area contributed by atoms with Crippen molar-refractivity contribution in [1.29, 1.82) is 10.5 Å². The molecule has 0 spiro atoms. The summed E-state index contributed by atoms with van der Waals surface area (Å²) in [6, 6.07) is 30.3. The van der Waals surface area contributed by atoms with E-state index in [-0.39, 0.29) is 11.1 Å². The Morgan fingerprint density at radius 1 is 0.639 bits per heavy atom. The van der Waals surface area contributed by atoms with E-state index in [1.54, 1.807) is 24.3 Å². The molecule has 0 unspecified atom stereocenters. The van der Waals surface area contributed by atoms with Crippen LogP contribution in [0.25, 0.3) is 12.2 Å². The highest BCUT2D eigenvalue weighted by molar-refractivity contribution is 6.02. The molecule has 36 heavy (non-hydrogen) atoms. The van der Waals surface area contributed by atoms with E-state index in [4.69, 9.17) is 0 Å². The second-order valence-corrected chi connectivity index (χ2v) is 7.99. The number of carbonyl (C=O) groups excluding carboxylic acids is 2. The molecular weight excluding hydrogens is 448 g/mol. The number of amides is 2. The van der Waals surface area contributed by atoms with E-state index in [0.717, 1.165) is 11.1 Å². The summed E-state index contributed by atoms with van der Waals surface area (Å²) in [5, 5.41) is 24.5. The lowest BCUT2D eigenvalue weighted by Crippen LogP contribution is -2.26. The van der Waals surface area contributed by atoms with Crippen molar-refractivity contribution in [3.63, 3.8) is 0 Å². The smallest absolute Gasteiger partial charge is 0.261 e. The molecular formula is C30H26N4O2. The summed E-state index contributed by atoms with van der Waals surface area (Å²) in [5.74, 6) is -0.908. The molecule has 2 amide bonds. The minimum atomic E-state index is -0.454. The predicted octanol–water partition coefficient (Wildman–Crippen LogP) is 4.22. The summed E-state index contributed by atoms with van der Waals surface area (Å²) in [4.78, 5) is 24.9. The monoisotopic (exact) mass is 474 g/mol. The second kappa shape index (κ2) is 13.7. The van der Waals surface area contributed by atoms with Crippen LogP contribution in [0.3, 0.4) is 0 Å². The molecule has 2 N–H and O–H groups in total. The molecule has 0 radical (unpaired) electrons. The van der Waals surface area contributed by atoms with Gasteiger partial charge in [-0.15, -0.1) is 0 Å². The van der Waals surface area contributed by atoms with E-state index in [9.17, 15) is 20.1 Å². The Hall–Kier alpha value is -4.94. The highest BCUT2D eigenvalue weighted by atomic mass is 16.2. The Labute approximate surface area is 211 Å². The fourth-order valence-corrected chi connectivity index (χ4v) is 3.49. The maximum atomic E-state index is 12.5. The molecule has 0 aliphatic rings. The average Bonchev–Trinajstić information content (AvgIpc) is 2.91. The summed E-state index contributed by atoms with van der Waals surface area (Å²) >= 11 is 0. The van der Waals surface area contributed by atoms with Gasteiger partial charge in [0.2, 0.25) is 0 Å². The first kappa shape index (κ1) is 25.7. The third kappa shape index (κ3) is 8.13. The molecule has 0 heterocycles. The zero-order chi connectivity index (χ0) is 25.6. The van der Waals surface area contributed by atoms with Crippen LogP contribution in [-0.2, 0) is 22.4 Å². The molecule has 0 aliphatic carbocycles. The molecule has 0 atom stereocenters. The summed E-state index contributed by atoms with van der Waals surface area (Å²) in [6.45, 7) is 0.825. The topological polar surface area (TPSA) is 106 Å². The lowest BCUT2D eigenvalue weighted by Gasteiger charge is -2.06. The van der Waals surface area contributed by atoms with Crippen LogP contribution in [0.4, 0.5) is 0 Å². The molecule has 6 heteroatoms. The van der Waals surface area contributed by atoms with Crippen LogP contribution < -0.4 is 10.6 Å². The summed E-state index contributed by atoms with van der Waals surface area (Å²) in [6.07, 6.45) is 4.30. The Morgan fingerprint density at radius 3 is 1.44 bits per heavy atom. The molecule has 0 aliphatic heterocycles. The zero-order valence-electron chi connectivity index (χ0n) is 19.8. The first-order chi connectivity index (χ1) is 17.6. The molecule has 0 saturated heterocycles. The van der Waals surface area contributed by atoms with Gasteiger partial charge < -0.3 is 10.6 Å². The molecule has 6 nitrogen and oxygen atoms in total. The maximum absolute atomic E-state index is 12.5. The number of hydrogen-bond acceptors (Lipinski definition) is 4. The third-order valence-electron chi connectivity index (χ3n) is 5.35. The largest absolute Gasteiger partial charge is 0.351 e. The van der Waals surface area contributed by atoms with Gasteiger partial charge in [-0.2, -0.15) is 10.5 Å². The fraction of sp³-hybridized carbons (Fsp3) is 0.133. The number of nitrogens with zero attached hydrogens (tertiary/aromatic N) is 2. The van der Waals surface area contributed by atoms with Crippen molar-refractivity contribution in [3.05, 3.63) is 118 Å². The van der Waals surface area contributed by atoms with Crippen LogP contribution in [0.15, 0.2) is 96.1 Å². The van der Waals surface area contributed by atoms with Gasteiger partial charge >= 0.3 is 0 Å². The minimum Gasteiger partial charge on any atom is -0.351 e. The van der Waals surface area contributed by atoms with Crippen molar-refractivity contribution in [2.75, 3.05) is 13.1 Å². The lowest BCUT2D eigenvalue weighted by molar-refractivity contribution is -0.117. The first-order valence-electron chi connectivity index (χ1n) is 11.6. The van der Waals surface area contributed by atoms with E-state index in [1.165, 1.54) is 12.2 Å². The summed E-state index contributed by atoms with van der Waals surface area (Å²) in [7, 11) is 0. The molecule has 3 aromatic rings. The molecule has 0 saturated carbocycles. The van der Waals surface area contributed by atoms with Gasteiger partial charge in [0.15, 0.2) is 0 Å². The van der Waals surface area contributed by atoms with E-state index in [0.29, 0.717) is 37.1 Å². The van der Waals surface area contributed by atoms with Crippen LogP contribution in [0.5, 0.6) is 0 Å². The van der Waals surface area contributed by atoms with Crippen molar-refractivity contribution in [2.24, 2.45) is 0 Å². The van der Waals surface area contributed by atoms with Gasteiger partial charge in [0, 0.05) is 13.1 Å². The summed E-state index contributed by atoms with van der Waals surface area (Å²) < 4.78 is 0. The molecule has 0 bridgehead atoms. The highest BCUT2D eigenvalue weighted by Gasteiger charge is 2.10. The predicted molar refractivity (Wildman–Crippen MR) is 140 cm³/mol. The van der Waals surface area contributed by atoms with Crippen LogP contribution in [0.1, 0.15) is 22.3 Å². The molecule has 0 fully saturated rings. The third-order valence-corrected chi connectivity index (χ3v) is 5.35. The van der Waals surface area contributed by atoms with Crippen molar-refractivity contribution in [1.82, 2.24) is 10.6 Å². The van der Waals surface area contributed by atoms with Crippen molar-refractivity contribution in [2.45, 2.75) is 12.8 Å². The Bertz CT molecular complexity index is 1230. The summed E-state index contributed by atoms with van der Waals surface area (Å²) in [5.41, 5.74) is 3.36. The second-order valence-electron chi connectivity index (χ2n) is 7.99. The molecule has 0 aromatic heterocycles. The van der Waals surface area contributed by atoms with Crippen molar-refractivity contribution < 1.29 is 9.59 Å². The number of nitrogens with one attached hydrogen (secondary N) is 2. The average molecular weight is 475 g/mol. The normalized spacial score (nSPS) is 11.2. The van der Waals surface area contributed by atoms with Gasteiger partial charge in [-0.1, -0.05) is 78.9 Å². The van der Waals surface area contributed by atoms with Crippen molar-refractivity contribution in [3.8, 4) is 12.1 Å². The standard InChI is InChI=1S/C30H26N4O2/c31-21-27(29(35)33-16-14-23-8-3-1-4-9-23)19-25-12-7-13-26(18-25)20-28(22-32)30(36)34-17-15-24-10-5-2-6-11-24/h1-13,18-20H,14-17H2,(H,33,35)(H,34,36). The fourth-order valence-electron chi connectivity index (χ4n) is 3.49. The first-order valence-corrected chi connectivity index (χ1v) is 11.6. The molecule has 178 valence electrons. The van der Waals surface area contributed by atoms with Gasteiger partial charge in [0.25, 0.3) is 11.8 Å². The number of rotatable bonds is 10. The number of nitriles is 2.